The predicted molar refractivity (Wildman–Crippen MR) is 123 cm³/mol. The maximum absolute atomic E-state index is 12.7. The number of halogens is 3. The Morgan fingerprint density at radius 1 is 1.14 bits per heavy atom. The lowest BCUT2D eigenvalue weighted by Gasteiger charge is -2.57. The van der Waals surface area contributed by atoms with E-state index in [0.29, 0.717) is 25.5 Å². The van der Waals surface area contributed by atoms with E-state index in [1.807, 2.05) is 20.8 Å². The maximum atomic E-state index is 12.7. The van der Waals surface area contributed by atoms with E-state index in [2.05, 4.69) is 29.0 Å². The number of nitrogens with two attached hydrogens (primary N) is 1. The van der Waals surface area contributed by atoms with Crippen LogP contribution in [0.5, 0.6) is 0 Å². The van der Waals surface area contributed by atoms with Crippen LogP contribution < -0.4 is 11.1 Å². The van der Waals surface area contributed by atoms with Crippen molar-refractivity contribution in [1.82, 2.24) is 15.1 Å². The van der Waals surface area contributed by atoms with Gasteiger partial charge in [0.05, 0.1) is 6.10 Å². The predicted octanol–water partition coefficient (Wildman–Crippen LogP) is 2.17. The topological polar surface area (TPSA) is 70.8 Å². The lowest BCUT2D eigenvalue weighted by Crippen LogP contribution is -2.75. The number of rotatable bonds is 8. The lowest BCUT2D eigenvalue weighted by molar-refractivity contribution is -0.170. The smallest absolute Gasteiger partial charge is 0.240 e. The SMILES string of the molecule is CCOC1CC(N)(C(=O)NCC(C)CN2CCN(CC)CC2)C1(C)C.Cl.Cl.Cl. The fourth-order valence-electron chi connectivity index (χ4n) is 4.04. The fraction of sp³-hybridized carbons (Fsp3) is 0.947. The molecule has 3 unspecified atom stereocenters. The largest absolute Gasteiger partial charge is 0.378 e. The van der Waals surface area contributed by atoms with Crippen LogP contribution in [0.2, 0.25) is 0 Å². The molecule has 2 rings (SSSR count). The minimum absolute atomic E-state index is 0. The fourth-order valence-corrected chi connectivity index (χ4v) is 4.04. The Balaban J connectivity index is 0. The summed E-state index contributed by atoms with van der Waals surface area (Å²) in [6, 6.07) is 0. The quantitative estimate of drug-likeness (QED) is 0.577. The third-order valence-corrected chi connectivity index (χ3v) is 6.33. The number of carbonyl (C=O) groups is 1. The number of ether oxygens (including phenoxy) is 1. The summed E-state index contributed by atoms with van der Waals surface area (Å²) in [4.78, 5) is 17.7. The maximum Gasteiger partial charge on any atom is 0.240 e. The molecule has 2 fully saturated rings. The van der Waals surface area contributed by atoms with Gasteiger partial charge in [-0.3, -0.25) is 4.79 Å². The van der Waals surface area contributed by atoms with Gasteiger partial charge >= 0.3 is 0 Å². The van der Waals surface area contributed by atoms with Crippen LogP contribution in [0.25, 0.3) is 0 Å². The number of carbonyl (C=O) groups excluding carboxylic acids is 1. The third kappa shape index (κ3) is 6.59. The van der Waals surface area contributed by atoms with Crippen LogP contribution in [0.3, 0.4) is 0 Å². The Morgan fingerprint density at radius 3 is 2.14 bits per heavy atom. The molecular formula is C19H41Cl3N4O2. The molecule has 3 N–H and O–H groups in total. The molecule has 0 radical (unpaired) electrons. The number of likely N-dealkylation sites (N-methyl/N-ethyl adjacent to an activating group) is 1. The molecule has 0 aromatic carbocycles. The first kappa shape index (κ1) is 30.4. The van der Waals surface area contributed by atoms with E-state index in [1.54, 1.807) is 0 Å². The van der Waals surface area contributed by atoms with Crippen molar-refractivity contribution in [1.29, 1.82) is 0 Å². The Labute approximate surface area is 189 Å². The first-order valence-electron chi connectivity index (χ1n) is 9.88. The first-order valence-corrected chi connectivity index (χ1v) is 9.88. The summed E-state index contributed by atoms with van der Waals surface area (Å²) in [6.07, 6.45) is 0.674. The molecule has 1 aliphatic carbocycles. The summed E-state index contributed by atoms with van der Waals surface area (Å²) in [6.45, 7) is 18.5. The van der Waals surface area contributed by atoms with Crippen molar-refractivity contribution in [3.8, 4) is 0 Å². The van der Waals surface area contributed by atoms with Gasteiger partial charge in [-0.2, -0.15) is 0 Å². The first-order chi connectivity index (χ1) is 11.7. The zero-order chi connectivity index (χ0) is 18.7. The molecule has 1 heterocycles. The Kier molecular flexibility index (Phi) is 13.9. The molecule has 28 heavy (non-hydrogen) atoms. The van der Waals surface area contributed by atoms with Crippen molar-refractivity contribution in [3.05, 3.63) is 0 Å². The highest BCUT2D eigenvalue weighted by atomic mass is 35.5. The van der Waals surface area contributed by atoms with Crippen molar-refractivity contribution in [2.75, 3.05) is 52.4 Å². The van der Waals surface area contributed by atoms with E-state index in [1.165, 1.54) is 0 Å². The Morgan fingerprint density at radius 2 is 1.68 bits per heavy atom. The molecule has 2 aliphatic rings. The van der Waals surface area contributed by atoms with Gasteiger partial charge < -0.3 is 25.6 Å². The summed E-state index contributed by atoms with van der Waals surface area (Å²) in [5, 5.41) is 3.10. The van der Waals surface area contributed by atoms with Crippen LogP contribution >= 0.6 is 37.2 Å². The second-order valence-electron chi connectivity index (χ2n) is 8.39. The van der Waals surface area contributed by atoms with Crippen molar-refractivity contribution < 1.29 is 9.53 Å². The molecule has 0 spiro atoms. The molecule has 1 amide bonds. The van der Waals surface area contributed by atoms with Crippen LogP contribution in [0, 0.1) is 11.3 Å². The van der Waals surface area contributed by atoms with E-state index in [9.17, 15) is 4.79 Å². The van der Waals surface area contributed by atoms with Crippen LogP contribution in [-0.2, 0) is 9.53 Å². The average Bonchev–Trinajstić information content (AvgIpc) is 2.59. The Hall–Kier alpha value is 0.180. The second kappa shape index (κ2) is 12.8. The highest BCUT2D eigenvalue weighted by Gasteiger charge is 2.62. The lowest BCUT2D eigenvalue weighted by atomic mass is 9.54. The minimum atomic E-state index is -0.820. The van der Waals surface area contributed by atoms with Gasteiger partial charge in [-0.05, 0) is 19.4 Å². The minimum Gasteiger partial charge on any atom is -0.378 e. The van der Waals surface area contributed by atoms with Gasteiger partial charge in [-0.15, -0.1) is 37.2 Å². The number of amides is 1. The van der Waals surface area contributed by atoms with Gasteiger partial charge in [0, 0.05) is 57.7 Å². The highest BCUT2D eigenvalue weighted by molar-refractivity contribution is 5.88. The van der Waals surface area contributed by atoms with Crippen molar-refractivity contribution in [3.63, 3.8) is 0 Å². The van der Waals surface area contributed by atoms with Crippen molar-refractivity contribution >= 4 is 43.1 Å². The number of hydrogen-bond donors (Lipinski definition) is 2. The van der Waals surface area contributed by atoms with Gasteiger partial charge in [0.15, 0.2) is 0 Å². The summed E-state index contributed by atoms with van der Waals surface area (Å²) < 4.78 is 5.71. The van der Waals surface area contributed by atoms with Crippen molar-refractivity contribution in [2.45, 2.75) is 52.7 Å². The standard InChI is InChI=1S/C19H38N4O2.3ClH/c1-6-22-8-10-23(11-9-22)14-15(3)13-21-17(24)19(20)12-16(25-7-2)18(19,4)5;;;/h15-16H,6-14,20H2,1-5H3,(H,21,24);3*1H. The van der Waals surface area contributed by atoms with Gasteiger partial charge in [0.2, 0.25) is 5.91 Å². The van der Waals surface area contributed by atoms with Crippen LogP contribution in [0.15, 0.2) is 0 Å². The van der Waals surface area contributed by atoms with E-state index in [4.69, 9.17) is 10.5 Å². The van der Waals surface area contributed by atoms with Crippen LogP contribution in [0.1, 0.15) is 41.0 Å². The molecule has 170 valence electrons. The molecule has 6 nitrogen and oxygen atoms in total. The van der Waals surface area contributed by atoms with E-state index < -0.39 is 5.54 Å². The highest BCUT2D eigenvalue weighted by Crippen LogP contribution is 2.49. The molecule has 1 aliphatic heterocycles. The second-order valence-corrected chi connectivity index (χ2v) is 8.39. The molecule has 3 atom stereocenters. The monoisotopic (exact) mass is 462 g/mol. The molecule has 0 aromatic rings. The summed E-state index contributed by atoms with van der Waals surface area (Å²) in [7, 11) is 0. The summed E-state index contributed by atoms with van der Waals surface area (Å²) in [5.74, 6) is 0.391. The van der Waals surface area contributed by atoms with Gasteiger partial charge in [0.25, 0.3) is 0 Å². The molecule has 0 aromatic heterocycles. The summed E-state index contributed by atoms with van der Waals surface area (Å²) in [5.41, 5.74) is 5.29. The molecular weight excluding hydrogens is 423 g/mol. The van der Waals surface area contributed by atoms with E-state index in [-0.39, 0.29) is 54.6 Å². The number of piperazine rings is 1. The molecule has 9 heteroatoms. The molecule has 1 saturated carbocycles. The van der Waals surface area contributed by atoms with Gasteiger partial charge in [0.1, 0.15) is 5.54 Å². The van der Waals surface area contributed by atoms with E-state index >= 15 is 0 Å². The third-order valence-electron chi connectivity index (χ3n) is 6.33. The Bertz CT molecular complexity index is 462. The van der Waals surface area contributed by atoms with Crippen LogP contribution in [0.4, 0.5) is 0 Å². The number of nitrogens with one attached hydrogen (secondary N) is 1. The summed E-state index contributed by atoms with van der Waals surface area (Å²) >= 11 is 0. The molecule has 1 saturated heterocycles. The van der Waals surface area contributed by atoms with Crippen LogP contribution in [-0.4, -0.2) is 79.8 Å². The zero-order valence-corrected chi connectivity index (χ0v) is 20.5. The van der Waals surface area contributed by atoms with Gasteiger partial charge in [-0.1, -0.05) is 27.7 Å². The molecule has 0 bridgehead atoms. The van der Waals surface area contributed by atoms with Crippen molar-refractivity contribution in [2.24, 2.45) is 17.1 Å². The number of hydrogen-bond acceptors (Lipinski definition) is 5. The van der Waals surface area contributed by atoms with Gasteiger partial charge in [-0.25, -0.2) is 0 Å². The van der Waals surface area contributed by atoms with E-state index in [0.717, 1.165) is 39.3 Å². The zero-order valence-electron chi connectivity index (χ0n) is 18.0. The normalized spacial score (nSPS) is 28.0. The number of nitrogens with zero attached hydrogens (tertiary/aromatic N) is 2. The average molecular weight is 464 g/mol.